The number of hydrazine groups is 1. The number of carbonyl (C=O) groups excluding carboxylic acids is 2. The monoisotopic (exact) mass is 492 g/mol. The van der Waals surface area contributed by atoms with Crippen LogP contribution in [0.4, 0.5) is 0 Å². The zero-order chi connectivity index (χ0) is 23.8. The summed E-state index contributed by atoms with van der Waals surface area (Å²) in [6.45, 7) is 0.843. The second-order valence-electron chi connectivity index (χ2n) is 7.68. The zero-order valence-corrected chi connectivity index (χ0v) is 20.1. The fraction of sp³-hybridized carbons (Fsp3) is 0.217. The highest BCUT2D eigenvalue weighted by atomic mass is 32.2. The van der Waals surface area contributed by atoms with Crippen molar-refractivity contribution in [2.24, 2.45) is 7.05 Å². The average molecular weight is 493 g/mol. The smallest absolute Gasteiger partial charge is 0.290 e. The van der Waals surface area contributed by atoms with Gasteiger partial charge < -0.3 is 0 Å². The lowest BCUT2D eigenvalue weighted by atomic mass is 10.1. The number of fused-ring (bicyclic) bond motifs is 1. The van der Waals surface area contributed by atoms with Crippen LogP contribution < -0.4 is 5.56 Å². The van der Waals surface area contributed by atoms with E-state index in [2.05, 4.69) is 15.0 Å². The molecule has 1 aliphatic rings. The summed E-state index contributed by atoms with van der Waals surface area (Å²) in [4.78, 5) is 52.3. The van der Waals surface area contributed by atoms with Crippen LogP contribution in [0.1, 0.15) is 27.3 Å². The van der Waals surface area contributed by atoms with E-state index in [0.29, 0.717) is 46.1 Å². The molecular weight excluding hydrogens is 472 g/mol. The molecule has 2 amide bonds. The first-order valence-electron chi connectivity index (χ1n) is 10.5. The van der Waals surface area contributed by atoms with Crippen LogP contribution in [0.15, 0.2) is 58.1 Å². The van der Waals surface area contributed by atoms with Crippen LogP contribution in [-0.4, -0.2) is 60.7 Å². The Bertz CT molecular complexity index is 1470. The van der Waals surface area contributed by atoms with Gasteiger partial charge in [-0.15, -0.1) is 11.3 Å². The second-order valence-corrected chi connectivity index (χ2v) is 9.32. The minimum Gasteiger partial charge on any atom is -0.290 e. The molecular formula is C23H20N6O3S2. The van der Waals surface area contributed by atoms with Gasteiger partial charge in [0.1, 0.15) is 10.7 Å². The van der Waals surface area contributed by atoms with E-state index in [4.69, 9.17) is 0 Å². The van der Waals surface area contributed by atoms with Gasteiger partial charge in [0, 0.05) is 49.0 Å². The maximum Gasteiger partial charge on any atom is 0.291 e. The number of thioether (sulfide) groups is 1. The standard InChI is InChI=1S/C23H20N6O3S2/c1-27-21(31)16-7-6-14(11-17(16)26-23(27)33-2)20(30)28-9-4-10-29(28)22(32)18-13-34-19(25-18)15-5-3-8-24-12-15/h3,5-8,11-13H,4,9-10H2,1-2H3. The third-order valence-corrected chi connectivity index (χ3v) is 7.22. The van der Waals surface area contributed by atoms with Crippen LogP contribution in [0.2, 0.25) is 0 Å². The highest BCUT2D eigenvalue weighted by Gasteiger charge is 2.33. The first-order chi connectivity index (χ1) is 16.5. The maximum atomic E-state index is 13.4. The first kappa shape index (κ1) is 22.2. The number of nitrogens with zero attached hydrogens (tertiary/aromatic N) is 6. The van der Waals surface area contributed by atoms with Crippen molar-refractivity contribution in [2.75, 3.05) is 19.3 Å². The van der Waals surface area contributed by atoms with E-state index in [1.54, 1.807) is 43.0 Å². The largest absolute Gasteiger partial charge is 0.291 e. The van der Waals surface area contributed by atoms with Crippen molar-refractivity contribution in [3.63, 3.8) is 0 Å². The molecule has 4 heterocycles. The van der Waals surface area contributed by atoms with Gasteiger partial charge in [-0.25, -0.2) is 20.0 Å². The molecule has 0 radical (unpaired) electrons. The Labute approximate surface area is 203 Å². The number of benzene rings is 1. The van der Waals surface area contributed by atoms with Gasteiger partial charge >= 0.3 is 0 Å². The molecule has 0 aliphatic carbocycles. The molecule has 1 saturated heterocycles. The normalized spacial score (nSPS) is 13.6. The van der Waals surface area contributed by atoms with Crippen molar-refractivity contribution in [3.8, 4) is 10.6 Å². The molecule has 34 heavy (non-hydrogen) atoms. The molecule has 1 aromatic carbocycles. The summed E-state index contributed by atoms with van der Waals surface area (Å²) in [5, 5.41) is 6.29. The van der Waals surface area contributed by atoms with Gasteiger partial charge in [-0.3, -0.25) is 23.9 Å². The lowest BCUT2D eigenvalue weighted by Gasteiger charge is -2.27. The molecule has 5 rings (SSSR count). The third-order valence-electron chi connectivity index (χ3n) is 5.60. The van der Waals surface area contributed by atoms with Gasteiger partial charge in [0.2, 0.25) is 0 Å². The van der Waals surface area contributed by atoms with E-state index in [1.807, 2.05) is 18.4 Å². The quantitative estimate of drug-likeness (QED) is 0.319. The van der Waals surface area contributed by atoms with Crippen molar-refractivity contribution in [1.29, 1.82) is 0 Å². The summed E-state index contributed by atoms with van der Waals surface area (Å²) < 4.78 is 1.49. The van der Waals surface area contributed by atoms with E-state index >= 15 is 0 Å². The summed E-state index contributed by atoms with van der Waals surface area (Å²) in [7, 11) is 1.67. The predicted molar refractivity (Wildman–Crippen MR) is 131 cm³/mol. The lowest BCUT2D eigenvalue weighted by Crippen LogP contribution is -2.45. The number of pyridine rings is 1. The Morgan fingerprint density at radius 3 is 2.62 bits per heavy atom. The number of carbonyl (C=O) groups is 2. The van der Waals surface area contributed by atoms with Crippen LogP contribution in [0.25, 0.3) is 21.5 Å². The summed E-state index contributed by atoms with van der Waals surface area (Å²) in [6.07, 6.45) is 5.88. The van der Waals surface area contributed by atoms with Crippen LogP contribution in [-0.2, 0) is 7.05 Å². The van der Waals surface area contributed by atoms with Crippen LogP contribution >= 0.6 is 23.1 Å². The number of aromatic nitrogens is 4. The molecule has 3 aromatic heterocycles. The molecule has 9 nitrogen and oxygen atoms in total. The van der Waals surface area contributed by atoms with Gasteiger partial charge in [0.05, 0.1) is 10.9 Å². The molecule has 11 heteroatoms. The highest BCUT2D eigenvalue weighted by Crippen LogP contribution is 2.25. The number of thiazole rings is 1. The van der Waals surface area contributed by atoms with Crippen molar-refractivity contribution >= 4 is 45.8 Å². The fourth-order valence-electron chi connectivity index (χ4n) is 3.88. The summed E-state index contributed by atoms with van der Waals surface area (Å²) >= 11 is 2.72. The molecule has 0 bridgehead atoms. The summed E-state index contributed by atoms with van der Waals surface area (Å²) in [5.74, 6) is -0.640. The van der Waals surface area contributed by atoms with Crippen LogP contribution in [0.3, 0.4) is 0 Å². The van der Waals surface area contributed by atoms with Gasteiger partial charge in [-0.1, -0.05) is 11.8 Å². The van der Waals surface area contributed by atoms with E-state index in [-0.39, 0.29) is 23.1 Å². The number of amides is 2. The van der Waals surface area contributed by atoms with Gasteiger partial charge in [0.25, 0.3) is 17.4 Å². The highest BCUT2D eigenvalue weighted by molar-refractivity contribution is 7.98. The molecule has 0 saturated carbocycles. The van der Waals surface area contributed by atoms with E-state index in [0.717, 1.165) is 5.56 Å². The van der Waals surface area contributed by atoms with Gasteiger partial charge in [-0.2, -0.15) is 0 Å². The van der Waals surface area contributed by atoms with E-state index in [1.165, 1.54) is 37.7 Å². The molecule has 0 N–H and O–H groups in total. The lowest BCUT2D eigenvalue weighted by molar-refractivity contribution is 0.0183. The molecule has 1 aliphatic heterocycles. The van der Waals surface area contributed by atoms with Crippen LogP contribution in [0.5, 0.6) is 0 Å². The van der Waals surface area contributed by atoms with Crippen molar-refractivity contribution < 1.29 is 9.59 Å². The Morgan fingerprint density at radius 2 is 1.88 bits per heavy atom. The zero-order valence-electron chi connectivity index (χ0n) is 18.5. The second kappa shape index (κ2) is 8.99. The number of hydrogen-bond acceptors (Lipinski definition) is 8. The Morgan fingerprint density at radius 1 is 1.09 bits per heavy atom. The topological polar surface area (TPSA) is 101 Å². The van der Waals surface area contributed by atoms with Crippen molar-refractivity contribution in [2.45, 2.75) is 11.6 Å². The number of hydrogen-bond donors (Lipinski definition) is 0. The molecule has 0 atom stereocenters. The predicted octanol–water partition coefficient (Wildman–Crippen LogP) is 3.08. The average Bonchev–Trinajstić information content (AvgIpc) is 3.56. The minimum atomic E-state index is -0.324. The summed E-state index contributed by atoms with van der Waals surface area (Å²) in [6, 6.07) is 8.54. The number of rotatable bonds is 4. The van der Waals surface area contributed by atoms with Crippen LogP contribution in [0, 0.1) is 0 Å². The van der Waals surface area contributed by atoms with E-state index < -0.39 is 0 Å². The Kier molecular flexibility index (Phi) is 5.88. The third kappa shape index (κ3) is 3.86. The maximum absolute atomic E-state index is 13.4. The van der Waals surface area contributed by atoms with E-state index in [9.17, 15) is 14.4 Å². The molecule has 1 fully saturated rings. The molecule has 0 spiro atoms. The Balaban J connectivity index is 1.42. The summed E-state index contributed by atoms with van der Waals surface area (Å²) in [5.41, 5.74) is 1.78. The first-order valence-corrected chi connectivity index (χ1v) is 12.6. The minimum absolute atomic E-state index is 0.167. The Hall–Kier alpha value is -3.57. The fourth-order valence-corrected chi connectivity index (χ4v) is 5.21. The van der Waals surface area contributed by atoms with Gasteiger partial charge in [0.15, 0.2) is 5.16 Å². The SMILES string of the molecule is CSc1nc2cc(C(=O)N3CCCN3C(=O)c3csc(-c4cccnc4)n3)ccc2c(=O)n1C. The molecule has 172 valence electrons. The van der Waals surface area contributed by atoms with Crippen molar-refractivity contribution in [1.82, 2.24) is 29.5 Å². The van der Waals surface area contributed by atoms with Crippen molar-refractivity contribution in [3.05, 3.63) is 69.7 Å². The molecule has 0 unspecified atom stereocenters. The molecule has 4 aromatic rings. The van der Waals surface area contributed by atoms with Gasteiger partial charge in [-0.05, 0) is 43.0 Å².